The summed E-state index contributed by atoms with van der Waals surface area (Å²) in [5, 5.41) is 21.4. The van der Waals surface area contributed by atoms with Crippen LogP contribution in [0, 0.1) is 18.3 Å². The van der Waals surface area contributed by atoms with Crippen LogP contribution >= 0.6 is 11.8 Å². The Morgan fingerprint density at radius 2 is 1.63 bits per heavy atom. The number of thioether (sulfide) groups is 1. The minimum atomic E-state index is -1.33. The number of aryl methyl sites for hydroxylation is 1. The fourth-order valence-electron chi connectivity index (χ4n) is 4.05. The minimum absolute atomic E-state index is 0.0212. The van der Waals surface area contributed by atoms with Gasteiger partial charge < -0.3 is 5.11 Å². The highest BCUT2D eigenvalue weighted by atomic mass is 32.2. The Kier molecular flexibility index (Phi) is 8.83. The molecule has 0 saturated heterocycles. The number of benzene rings is 3. The third-order valence-corrected chi connectivity index (χ3v) is 8.88. The Bertz CT molecular complexity index is 1450. The molecule has 194 valence electrons. The van der Waals surface area contributed by atoms with Crippen molar-refractivity contribution < 1.29 is 9.32 Å². The maximum Gasteiger partial charge on any atom is 0.115 e. The third kappa shape index (κ3) is 6.79. The number of pyridine rings is 1. The van der Waals surface area contributed by atoms with Gasteiger partial charge in [-0.25, -0.2) is 4.98 Å². The molecule has 0 radical (unpaired) electrons. The second-order valence-corrected chi connectivity index (χ2v) is 12.8. The van der Waals surface area contributed by atoms with Gasteiger partial charge >= 0.3 is 0 Å². The fraction of sp³-hybridized carbons (Fsp3) is 0.250. The second kappa shape index (κ2) is 12.1. The highest BCUT2D eigenvalue weighted by Crippen LogP contribution is 2.34. The van der Waals surface area contributed by atoms with E-state index in [1.165, 1.54) is 17.3 Å². The summed E-state index contributed by atoms with van der Waals surface area (Å²) in [6.07, 6.45) is -0.820. The molecule has 1 N–H and O–H groups in total. The monoisotopic (exact) mass is 540 g/mol. The summed E-state index contributed by atoms with van der Waals surface area (Å²) in [7, 11) is -1.33. The molecular formula is C32H32N2O2S2. The number of aliphatic hydroxyl groups excluding tert-OH is 1. The molecule has 0 spiro atoms. The maximum atomic E-state index is 12.9. The zero-order valence-electron chi connectivity index (χ0n) is 22.1. The van der Waals surface area contributed by atoms with Crippen molar-refractivity contribution in [3.05, 3.63) is 102 Å². The standard InChI is InChI=1S/C32H32N2O2S2/c1-22-10-12-24(13-11-22)30-18-28(23-8-6-5-7-9-23)29(19-33)31(34-30)37-20-26(35)21-38(36)27-16-14-25(15-17-27)32(2,3)4/h5-18,26,35H,20-21H2,1-4H3. The SMILES string of the molecule is Cc1ccc(-c2cc(-c3ccccc3)c(C#N)c(SCC(O)CS(=O)c3ccc(C(C)(C)C)cc3)n2)cc1. The lowest BCUT2D eigenvalue weighted by atomic mass is 9.87. The summed E-state index contributed by atoms with van der Waals surface area (Å²) in [6.45, 7) is 8.46. The number of hydrogen-bond acceptors (Lipinski definition) is 5. The van der Waals surface area contributed by atoms with Gasteiger partial charge in [0.15, 0.2) is 0 Å². The maximum absolute atomic E-state index is 12.9. The zero-order chi connectivity index (χ0) is 27.3. The van der Waals surface area contributed by atoms with Crippen LogP contribution in [0.1, 0.15) is 37.5 Å². The summed E-state index contributed by atoms with van der Waals surface area (Å²) in [5.41, 5.74) is 6.29. The molecular weight excluding hydrogens is 508 g/mol. The molecule has 0 aliphatic rings. The fourth-order valence-corrected chi connectivity index (χ4v) is 6.23. The van der Waals surface area contributed by atoms with Crippen molar-refractivity contribution in [1.29, 1.82) is 5.26 Å². The van der Waals surface area contributed by atoms with E-state index in [9.17, 15) is 14.6 Å². The summed E-state index contributed by atoms with van der Waals surface area (Å²) in [6, 6.07) is 30.0. The first-order chi connectivity index (χ1) is 18.2. The first-order valence-electron chi connectivity index (χ1n) is 12.5. The molecule has 3 aromatic carbocycles. The Hall–Kier alpha value is -3.24. The largest absolute Gasteiger partial charge is 0.391 e. The van der Waals surface area contributed by atoms with Gasteiger partial charge in [-0.05, 0) is 41.7 Å². The van der Waals surface area contributed by atoms with Crippen LogP contribution in [0.5, 0.6) is 0 Å². The summed E-state index contributed by atoms with van der Waals surface area (Å²) in [4.78, 5) is 5.52. The van der Waals surface area contributed by atoms with Gasteiger partial charge in [0.1, 0.15) is 11.1 Å². The summed E-state index contributed by atoms with van der Waals surface area (Å²) >= 11 is 1.33. The molecule has 0 saturated carbocycles. The molecule has 1 aromatic heterocycles. The normalized spacial score (nSPS) is 13.1. The van der Waals surface area contributed by atoms with Gasteiger partial charge in [0.2, 0.25) is 0 Å². The molecule has 6 heteroatoms. The molecule has 2 unspecified atom stereocenters. The van der Waals surface area contributed by atoms with E-state index in [1.807, 2.05) is 91.9 Å². The predicted molar refractivity (Wildman–Crippen MR) is 158 cm³/mol. The van der Waals surface area contributed by atoms with Crippen LogP contribution in [-0.4, -0.2) is 31.9 Å². The Morgan fingerprint density at radius 3 is 2.24 bits per heavy atom. The predicted octanol–water partition coefficient (Wildman–Crippen LogP) is 7.15. The van der Waals surface area contributed by atoms with Gasteiger partial charge in [0, 0.05) is 21.8 Å². The molecule has 38 heavy (non-hydrogen) atoms. The van der Waals surface area contributed by atoms with Gasteiger partial charge in [-0.2, -0.15) is 5.26 Å². The van der Waals surface area contributed by atoms with Gasteiger partial charge in [0.25, 0.3) is 0 Å². The Labute approximate surface area is 232 Å². The molecule has 0 aliphatic carbocycles. The van der Waals surface area contributed by atoms with E-state index in [0.717, 1.165) is 27.9 Å². The van der Waals surface area contributed by atoms with Crippen molar-refractivity contribution in [2.75, 3.05) is 11.5 Å². The van der Waals surface area contributed by atoms with Crippen molar-refractivity contribution in [1.82, 2.24) is 4.98 Å². The smallest absolute Gasteiger partial charge is 0.115 e. The van der Waals surface area contributed by atoms with Crippen LogP contribution in [0.15, 0.2) is 94.9 Å². The van der Waals surface area contributed by atoms with Gasteiger partial charge in [-0.3, -0.25) is 4.21 Å². The number of aliphatic hydroxyl groups is 1. The first kappa shape index (κ1) is 27.8. The van der Waals surface area contributed by atoms with E-state index in [-0.39, 0.29) is 16.9 Å². The minimum Gasteiger partial charge on any atom is -0.391 e. The summed E-state index contributed by atoms with van der Waals surface area (Å²) in [5.74, 6) is 0.395. The van der Waals surface area contributed by atoms with E-state index in [4.69, 9.17) is 4.98 Å². The third-order valence-electron chi connectivity index (χ3n) is 6.27. The average molecular weight is 541 g/mol. The molecule has 4 nitrogen and oxygen atoms in total. The Balaban J connectivity index is 1.57. The van der Waals surface area contributed by atoms with Crippen LogP contribution in [0.4, 0.5) is 0 Å². The van der Waals surface area contributed by atoms with Gasteiger partial charge in [0.05, 0.1) is 33.9 Å². The number of rotatable bonds is 8. The number of hydrogen-bond donors (Lipinski definition) is 1. The van der Waals surface area contributed by atoms with E-state index in [2.05, 4.69) is 26.8 Å². The van der Waals surface area contributed by atoms with Crippen LogP contribution in [0.3, 0.4) is 0 Å². The summed E-state index contributed by atoms with van der Waals surface area (Å²) < 4.78 is 12.9. The lowest BCUT2D eigenvalue weighted by Gasteiger charge is -2.19. The highest BCUT2D eigenvalue weighted by Gasteiger charge is 2.19. The quantitative estimate of drug-likeness (QED) is 0.240. The molecule has 0 bridgehead atoms. The van der Waals surface area contributed by atoms with E-state index in [1.54, 1.807) is 0 Å². The van der Waals surface area contributed by atoms with Crippen LogP contribution < -0.4 is 0 Å². The van der Waals surface area contributed by atoms with Crippen LogP contribution in [0.25, 0.3) is 22.4 Å². The van der Waals surface area contributed by atoms with Gasteiger partial charge in [-0.1, -0.05) is 93.1 Å². The van der Waals surface area contributed by atoms with Crippen molar-refractivity contribution >= 4 is 22.6 Å². The van der Waals surface area contributed by atoms with Crippen molar-refractivity contribution in [2.24, 2.45) is 0 Å². The van der Waals surface area contributed by atoms with E-state index < -0.39 is 16.9 Å². The zero-order valence-corrected chi connectivity index (χ0v) is 23.8. The number of nitriles is 1. The number of aromatic nitrogens is 1. The first-order valence-corrected chi connectivity index (χ1v) is 14.8. The second-order valence-electron chi connectivity index (χ2n) is 10.3. The van der Waals surface area contributed by atoms with Crippen molar-refractivity contribution in [2.45, 2.75) is 49.1 Å². The molecule has 0 amide bonds. The molecule has 2 atom stereocenters. The number of nitrogens with zero attached hydrogens (tertiary/aromatic N) is 2. The van der Waals surface area contributed by atoms with Gasteiger partial charge in [-0.15, -0.1) is 11.8 Å². The lowest BCUT2D eigenvalue weighted by Crippen LogP contribution is -2.20. The van der Waals surface area contributed by atoms with Crippen LogP contribution in [0.2, 0.25) is 0 Å². The molecule has 1 heterocycles. The van der Waals surface area contributed by atoms with E-state index in [0.29, 0.717) is 15.5 Å². The molecule has 0 aliphatic heterocycles. The average Bonchev–Trinajstić information content (AvgIpc) is 2.91. The molecule has 0 fully saturated rings. The van der Waals surface area contributed by atoms with E-state index >= 15 is 0 Å². The topological polar surface area (TPSA) is 74.0 Å². The lowest BCUT2D eigenvalue weighted by molar-refractivity contribution is 0.224. The molecule has 4 aromatic rings. The molecule has 4 rings (SSSR count). The highest BCUT2D eigenvalue weighted by molar-refractivity contribution is 7.99. The van der Waals surface area contributed by atoms with Crippen LogP contribution in [-0.2, 0) is 16.2 Å². The van der Waals surface area contributed by atoms with Crippen molar-refractivity contribution in [3.8, 4) is 28.5 Å². The Morgan fingerprint density at radius 1 is 0.974 bits per heavy atom. The van der Waals surface area contributed by atoms with Crippen molar-refractivity contribution in [3.63, 3.8) is 0 Å².